The van der Waals surface area contributed by atoms with Gasteiger partial charge < -0.3 is 14.6 Å². The van der Waals surface area contributed by atoms with Crippen LogP contribution in [0.2, 0.25) is 0 Å². The number of aromatic carboxylic acids is 1. The van der Waals surface area contributed by atoms with E-state index in [9.17, 15) is 14.7 Å². The summed E-state index contributed by atoms with van der Waals surface area (Å²) in [6.07, 6.45) is -0.612. The highest BCUT2D eigenvalue weighted by Gasteiger charge is 2.16. The van der Waals surface area contributed by atoms with Crippen LogP contribution < -0.4 is 10.4 Å². The molecule has 88 valence electrons. The average Bonchev–Trinajstić information content (AvgIpc) is 2.48. The Morgan fingerprint density at radius 1 is 1.38 bits per heavy atom. The fourth-order valence-electron chi connectivity index (χ4n) is 0.919. The highest BCUT2D eigenvalue weighted by molar-refractivity contribution is 7.18. The number of carbonyl (C=O) groups excluding carboxylic acids is 2. The lowest BCUT2D eigenvalue weighted by Gasteiger charge is -2.19. The Morgan fingerprint density at radius 2 is 2.00 bits per heavy atom. The maximum absolute atomic E-state index is 11.3. The third-order valence-electron chi connectivity index (χ3n) is 1.43. The van der Waals surface area contributed by atoms with Crippen molar-refractivity contribution in [3.8, 4) is 0 Å². The number of anilines is 1. The second-order valence-corrected chi connectivity index (χ2v) is 5.16. The summed E-state index contributed by atoms with van der Waals surface area (Å²) in [5.41, 5.74) is -0.585. The summed E-state index contributed by atoms with van der Waals surface area (Å²) >= 11 is 0.921. The zero-order valence-electron chi connectivity index (χ0n) is 9.20. The van der Waals surface area contributed by atoms with Gasteiger partial charge in [-0.15, -0.1) is 11.3 Å². The molecule has 0 saturated heterocycles. The normalized spacial score (nSPS) is 10.9. The molecule has 1 aromatic heterocycles. The van der Waals surface area contributed by atoms with Crippen LogP contribution >= 0.6 is 11.3 Å². The van der Waals surface area contributed by atoms with Crippen molar-refractivity contribution >= 4 is 28.4 Å². The van der Waals surface area contributed by atoms with Gasteiger partial charge in [0.1, 0.15) is 5.60 Å². The number of thiophene rings is 1. The number of rotatable bonds is 2. The number of ether oxygens (including phenoxy) is 1. The molecule has 1 heterocycles. The predicted molar refractivity (Wildman–Crippen MR) is 58.5 cm³/mol. The van der Waals surface area contributed by atoms with E-state index in [1.807, 2.05) is 0 Å². The van der Waals surface area contributed by atoms with Gasteiger partial charge in [-0.2, -0.15) is 0 Å². The van der Waals surface area contributed by atoms with Crippen molar-refractivity contribution < 1.29 is 19.4 Å². The standard InChI is InChI=1S/C10H13NO4S/c1-10(2,3)15-9(14)11-7-5-4-6(16-7)8(12)13/h4-5H,1-3H3,(H,11,14)(H,12,13)/p-1. The van der Waals surface area contributed by atoms with E-state index >= 15 is 0 Å². The molecule has 0 saturated carbocycles. The van der Waals surface area contributed by atoms with Gasteiger partial charge in [0, 0.05) is 0 Å². The molecule has 0 fully saturated rings. The maximum atomic E-state index is 11.3. The molecule has 0 aromatic carbocycles. The third-order valence-corrected chi connectivity index (χ3v) is 2.41. The van der Waals surface area contributed by atoms with Crippen LogP contribution in [0.5, 0.6) is 0 Å². The van der Waals surface area contributed by atoms with Gasteiger partial charge in [0.05, 0.1) is 15.8 Å². The Kier molecular flexibility index (Phi) is 3.54. The molecule has 0 radical (unpaired) electrons. The number of carboxylic acid groups (broad SMARTS) is 1. The molecule has 6 heteroatoms. The van der Waals surface area contributed by atoms with E-state index in [0.29, 0.717) is 5.00 Å². The number of amides is 1. The summed E-state index contributed by atoms with van der Waals surface area (Å²) < 4.78 is 5.00. The van der Waals surface area contributed by atoms with Crippen molar-refractivity contribution in [1.29, 1.82) is 0 Å². The molecule has 0 aliphatic carbocycles. The van der Waals surface area contributed by atoms with Crippen LogP contribution in [0.3, 0.4) is 0 Å². The second-order valence-electron chi connectivity index (χ2n) is 4.08. The summed E-state index contributed by atoms with van der Waals surface area (Å²) in [7, 11) is 0. The first kappa shape index (κ1) is 12.5. The van der Waals surface area contributed by atoms with Gasteiger partial charge in [0.25, 0.3) is 0 Å². The zero-order valence-corrected chi connectivity index (χ0v) is 10.0. The third kappa shape index (κ3) is 3.90. The lowest BCUT2D eigenvalue weighted by molar-refractivity contribution is -0.254. The van der Waals surface area contributed by atoms with Crippen LogP contribution in [0.1, 0.15) is 30.4 Å². The Balaban J connectivity index is 2.60. The number of hydrogen-bond donors (Lipinski definition) is 1. The van der Waals surface area contributed by atoms with Crippen molar-refractivity contribution in [3.05, 3.63) is 17.0 Å². The van der Waals surface area contributed by atoms with E-state index in [1.54, 1.807) is 20.8 Å². The summed E-state index contributed by atoms with van der Waals surface area (Å²) in [6.45, 7) is 5.23. The van der Waals surface area contributed by atoms with Gasteiger partial charge >= 0.3 is 6.09 Å². The first-order valence-corrected chi connectivity index (χ1v) is 5.41. The molecule has 5 nitrogen and oxygen atoms in total. The number of hydrogen-bond acceptors (Lipinski definition) is 5. The van der Waals surface area contributed by atoms with Gasteiger partial charge in [-0.05, 0) is 32.9 Å². The summed E-state index contributed by atoms with van der Waals surface area (Å²) in [6, 6.07) is 2.85. The molecule has 0 aliphatic heterocycles. The molecule has 0 spiro atoms. The topological polar surface area (TPSA) is 78.5 Å². The smallest absolute Gasteiger partial charge is 0.412 e. The van der Waals surface area contributed by atoms with E-state index in [0.717, 1.165) is 11.3 Å². The van der Waals surface area contributed by atoms with Gasteiger partial charge in [0.2, 0.25) is 0 Å². The Morgan fingerprint density at radius 3 is 2.44 bits per heavy atom. The van der Waals surface area contributed by atoms with Crippen LogP contribution in [0.25, 0.3) is 0 Å². The highest BCUT2D eigenvalue weighted by Crippen LogP contribution is 2.21. The molecule has 16 heavy (non-hydrogen) atoms. The summed E-state index contributed by atoms with van der Waals surface area (Å²) in [5.74, 6) is -1.26. The molecular formula is C10H12NO4S-. The van der Waals surface area contributed by atoms with Crippen molar-refractivity contribution in [1.82, 2.24) is 0 Å². The van der Waals surface area contributed by atoms with Gasteiger partial charge in [-0.1, -0.05) is 0 Å². The Bertz CT molecular complexity index is 405. The van der Waals surface area contributed by atoms with Crippen LogP contribution in [0.4, 0.5) is 9.80 Å². The fourth-order valence-corrected chi connectivity index (χ4v) is 1.65. The van der Waals surface area contributed by atoms with Crippen LogP contribution in [-0.4, -0.2) is 17.7 Å². The van der Waals surface area contributed by atoms with Gasteiger partial charge in [0.15, 0.2) is 0 Å². The Labute approximate surface area is 97.0 Å². The molecule has 1 amide bonds. The van der Waals surface area contributed by atoms with Crippen molar-refractivity contribution in [2.75, 3.05) is 5.32 Å². The highest BCUT2D eigenvalue weighted by atomic mass is 32.1. The molecule has 1 N–H and O–H groups in total. The maximum Gasteiger partial charge on any atom is 0.412 e. The van der Waals surface area contributed by atoms with Crippen molar-refractivity contribution in [3.63, 3.8) is 0 Å². The van der Waals surface area contributed by atoms with E-state index < -0.39 is 17.7 Å². The predicted octanol–water partition coefficient (Wildman–Crippen LogP) is 1.46. The SMILES string of the molecule is CC(C)(C)OC(=O)Nc1ccc(C(=O)[O-])s1. The number of nitrogens with one attached hydrogen (secondary N) is 1. The summed E-state index contributed by atoms with van der Waals surface area (Å²) in [4.78, 5) is 21.9. The molecule has 0 aliphatic rings. The largest absolute Gasteiger partial charge is 0.544 e. The first-order valence-electron chi connectivity index (χ1n) is 4.59. The van der Waals surface area contributed by atoms with Crippen molar-refractivity contribution in [2.24, 2.45) is 0 Å². The summed E-state index contributed by atoms with van der Waals surface area (Å²) in [5, 5.41) is 13.3. The second kappa shape index (κ2) is 4.52. The quantitative estimate of drug-likeness (QED) is 0.851. The van der Waals surface area contributed by atoms with Crippen LogP contribution in [-0.2, 0) is 4.74 Å². The molecule has 0 atom stereocenters. The van der Waals surface area contributed by atoms with Gasteiger partial charge in [-0.3, -0.25) is 5.32 Å². The molecule has 0 unspecified atom stereocenters. The zero-order chi connectivity index (χ0) is 12.3. The fraction of sp³-hybridized carbons (Fsp3) is 0.400. The van der Waals surface area contributed by atoms with Crippen molar-refractivity contribution in [2.45, 2.75) is 26.4 Å². The molecular weight excluding hydrogens is 230 g/mol. The lowest BCUT2D eigenvalue weighted by Crippen LogP contribution is -2.27. The van der Waals surface area contributed by atoms with E-state index in [-0.39, 0.29) is 4.88 Å². The minimum absolute atomic E-state index is 0.0612. The molecule has 1 rings (SSSR count). The molecule has 0 bridgehead atoms. The first-order chi connectivity index (χ1) is 7.28. The number of carboxylic acids is 1. The average molecular weight is 242 g/mol. The van der Waals surface area contributed by atoms with E-state index in [2.05, 4.69) is 5.32 Å². The minimum atomic E-state index is -1.26. The lowest BCUT2D eigenvalue weighted by atomic mass is 10.2. The van der Waals surface area contributed by atoms with Crippen LogP contribution in [0, 0.1) is 0 Å². The molecule has 1 aromatic rings. The minimum Gasteiger partial charge on any atom is -0.544 e. The van der Waals surface area contributed by atoms with Gasteiger partial charge in [-0.25, -0.2) is 4.79 Å². The monoisotopic (exact) mass is 242 g/mol. The Hall–Kier alpha value is -1.56. The van der Waals surface area contributed by atoms with E-state index in [4.69, 9.17) is 4.74 Å². The number of carbonyl (C=O) groups is 2. The van der Waals surface area contributed by atoms with E-state index in [1.165, 1.54) is 12.1 Å². The van der Waals surface area contributed by atoms with Crippen LogP contribution in [0.15, 0.2) is 12.1 Å².